The van der Waals surface area contributed by atoms with Crippen LogP contribution in [0.2, 0.25) is 0 Å². The number of anilines is 1. The quantitative estimate of drug-likeness (QED) is 0.850. The summed E-state index contributed by atoms with van der Waals surface area (Å²) in [6.45, 7) is 1.56. The third-order valence-corrected chi connectivity index (χ3v) is 6.23. The van der Waals surface area contributed by atoms with Crippen molar-refractivity contribution in [2.24, 2.45) is 0 Å². The van der Waals surface area contributed by atoms with E-state index in [-0.39, 0.29) is 17.4 Å². The number of benzene rings is 2. The number of hydrogen-bond donors (Lipinski definition) is 1. The molecule has 148 valence electrons. The average Bonchev–Trinajstić information content (AvgIpc) is 2.73. The second kappa shape index (κ2) is 7.71. The smallest absolute Gasteiger partial charge is 0.267 e. The van der Waals surface area contributed by atoms with Crippen molar-refractivity contribution in [3.63, 3.8) is 0 Å². The molecule has 4 rings (SSSR count). The number of sulfonamides is 1. The monoisotopic (exact) mass is 402 g/mol. The lowest BCUT2D eigenvalue weighted by Gasteiger charge is -2.32. The number of carbonyl (C=O) groups excluding carboxylic acids is 1. The number of carbonyl (C=O) groups is 1. The number of piperidine rings is 1. The average molecular weight is 402 g/mol. The van der Waals surface area contributed by atoms with Crippen molar-refractivity contribution in [3.8, 4) is 11.5 Å². The third-order valence-electron chi connectivity index (χ3n) is 4.85. The molecule has 2 aliphatic rings. The first-order valence-corrected chi connectivity index (χ1v) is 10.8. The maximum Gasteiger partial charge on any atom is 0.267 e. The van der Waals surface area contributed by atoms with Gasteiger partial charge in [-0.2, -0.15) is 0 Å². The van der Waals surface area contributed by atoms with Gasteiger partial charge in [0, 0.05) is 24.8 Å². The van der Waals surface area contributed by atoms with Gasteiger partial charge in [-0.3, -0.25) is 9.52 Å². The highest BCUT2D eigenvalue weighted by molar-refractivity contribution is 7.92. The van der Waals surface area contributed by atoms with Crippen LogP contribution in [0, 0.1) is 0 Å². The molecule has 1 fully saturated rings. The van der Waals surface area contributed by atoms with E-state index < -0.39 is 16.1 Å². The minimum Gasteiger partial charge on any atom is -0.485 e. The predicted octanol–water partition coefficient (Wildman–Crippen LogP) is 2.64. The number of rotatable bonds is 4. The lowest BCUT2D eigenvalue weighted by atomic mass is 10.1. The van der Waals surface area contributed by atoms with E-state index in [1.54, 1.807) is 24.3 Å². The van der Waals surface area contributed by atoms with Gasteiger partial charge in [0.15, 0.2) is 11.5 Å². The molecule has 0 radical (unpaired) electrons. The molecule has 2 aliphatic heterocycles. The van der Waals surface area contributed by atoms with Crippen molar-refractivity contribution < 1.29 is 22.7 Å². The van der Waals surface area contributed by atoms with E-state index in [1.165, 1.54) is 18.2 Å². The standard InChI is InChI=1S/C20H22N2O5S/c23-20(22-11-5-2-6-12-22)19-14-26-18-13-16(9-10-17(18)27-19)28(24,25)21-15-7-3-1-4-8-15/h1,3-4,7-10,13,19,21H,2,5-6,11-12,14H2/t19-/m0/s1. The molecule has 0 aliphatic carbocycles. The number of nitrogens with zero attached hydrogens (tertiary/aromatic N) is 1. The number of hydrogen-bond acceptors (Lipinski definition) is 5. The fourth-order valence-corrected chi connectivity index (χ4v) is 4.45. The molecule has 0 aromatic heterocycles. The Balaban J connectivity index is 1.48. The van der Waals surface area contributed by atoms with Crippen molar-refractivity contribution in [1.29, 1.82) is 0 Å². The molecule has 0 bridgehead atoms. The molecule has 2 aromatic carbocycles. The van der Waals surface area contributed by atoms with Gasteiger partial charge in [-0.25, -0.2) is 8.42 Å². The maximum atomic E-state index is 12.6. The first-order valence-electron chi connectivity index (χ1n) is 9.33. The van der Waals surface area contributed by atoms with E-state index in [9.17, 15) is 13.2 Å². The Bertz CT molecular complexity index is 956. The summed E-state index contributed by atoms with van der Waals surface area (Å²) in [7, 11) is -3.75. The number of ether oxygens (including phenoxy) is 2. The van der Waals surface area contributed by atoms with E-state index in [2.05, 4.69) is 4.72 Å². The van der Waals surface area contributed by atoms with Gasteiger partial charge in [0.2, 0.25) is 6.10 Å². The Hall–Kier alpha value is -2.74. The van der Waals surface area contributed by atoms with Crippen LogP contribution >= 0.6 is 0 Å². The van der Waals surface area contributed by atoms with Crippen molar-refractivity contribution in [3.05, 3.63) is 48.5 Å². The van der Waals surface area contributed by atoms with Crippen LogP contribution in [0.5, 0.6) is 11.5 Å². The Morgan fingerprint density at radius 1 is 1.00 bits per heavy atom. The summed E-state index contributed by atoms with van der Waals surface area (Å²) in [4.78, 5) is 14.5. The largest absolute Gasteiger partial charge is 0.485 e. The lowest BCUT2D eigenvalue weighted by molar-refractivity contribution is -0.142. The summed E-state index contributed by atoms with van der Waals surface area (Å²) in [5.41, 5.74) is 0.476. The summed E-state index contributed by atoms with van der Waals surface area (Å²) in [6.07, 6.45) is 2.45. The maximum absolute atomic E-state index is 12.6. The zero-order valence-corrected chi connectivity index (χ0v) is 16.2. The van der Waals surface area contributed by atoms with Crippen LogP contribution in [0.25, 0.3) is 0 Å². The molecular formula is C20H22N2O5S. The first kappa shape index (κ1) is 18.6. The van der Waals surface area contributed by atoms with Crippen LogP contribution in [0.1, 0.15) is 19.3 Å². The molecular weight excluding hydrogens is 380 g/mol. The zero-order chi connectivity index (χ0) is 19.6. The van der Waals surface area contributed by atoms with Gasteiger partial charge in [-0.1, -0.05) is 18.2 Å². The van der Waals surface area contributed by atoms with Gasteiger partial charge in [0.05, 0.1) is 4.90 Å². The third kappa shape index (κ3) is 3.91. The number of para-hydroxylation sites is 1. The fraction of sp³-hybridized carbons (Fsp3) is 0.350. The van der Waals surface area contributed by atoms with Crippen molar-refractivity contribution in [2.45, 2.75) is 30.3 Å². The Morgan fingerprint density at radius 3 is 2.50 bits per heavy atom. The van der Waals surface area contributed by atoms with Gasteiger partial charge >= 0.3 is 0 Å². The van der Waals surface area contributed by atoms with E-state index in [4.69, 9.17) is 9.47 Å². The Morgan fingerprint density at radius 2 is 1.75 bits per heavy atom. The molecule has 2 heterocycles. The highest BCUT2D eigenvalue weighted by atomic mass is 32.2. The van der Waals surface area contributed by atoms with Crippen LogP contribution in [-0.2, 0) is 14.8 Å². The molecule has 2 aromatic rings. The highest BCUT2D eigenvalue weighted by Crippen LogP contribution is 2.34. The topological polar surface area (TPSA) is 84.9 Å². The van der Waals surface area contributed by atoms with Gasteiger partial charge in [0.1, 0.15) is 6.61 Å². The summed E-state index contributed by atoms with van der Waals surface area (Å²) in [6, 6.07) is 13.1. The molecule has 0 saturated carbocycles. The molecule has 1 saturated heterocycles. The van der Waals surface area contributed by atoms with E-state index in [1.807, 2.05) is 11.0 Å². The van der Waals surface area contributed by atoms with Crippen LogP contribution in [0.4, 0.5) is 5.69 Å². The van der Waals surface area contributed by atoms with Gasteiger partial charge in [-0.05, 0) is 43.5 Å². The molecule has 1 atom stereocenters. The Kier molecular flexibility index (Phi) is 5.13. The number of fused-ring (bicyclic) bond motifs is 1. The molecule has 0 unspecified atom stereocenters. The summed E-state index contributed by atoms with van der Waals surface area (Å²) in [5, 5.41) is 0. The summed E-state index contributed by atoms with van der Waals surface area (Å²) in [5.74, 6) is 0.617. The van der Waals surface area contributed by atoms with Gasteiger partial charge in [-0.15, -0.1) is 0 Å². The van der Waals surface area contributed by atoms with Crippen molar-refractivity contribution in [2.75, 3.05) is 24.4 Å². The Labute approximate surface area is 164 Å². The van der Waals surface area contributed by atoms with Crippen molar-refractivity contribution >= 4 is 21.6 Å². The second-order valence-corrected chi connectivity index (χ2v) is 8.57. The molecule has 28 heavy (non-hydrogen) atoms. The van der Waals surface area contributed by atoms with Gasteiger partial charge in [0.25, 0.3) is 15.9 Å². The lowest BCUT2D eigenvalue weighted by Crippen LogP contribution is -2.48. The number of likely N-dealkylation sites (tertiary alicyclic amines) is 1. The van der Waals surface area contributed by atoms with E-state index in [0.717, 1.165) is 32.4 Å². The molecule has 8 heteroatoms. The normalized spacial score (nSPS) is 19.1. The van der Waals surface area contributed by atoms with Crippen LogP contribution < -0.4 is 14.2 Å². The minimum atomic E-state index is -3.75. The summed E-state index contributed by atoms with van der Waals surface area (Å²) < 4.78 is 39.2. The number of nitrogens with one attached hydrogen (secondary N) is 1. The molecule has 1 N–H and O–H groups in total. The molecule has 1 amide bonds. The van der Waals surface area contributed by atoms with Crippen LogP contribution in [0.3, 0.4) is 0 Å². The van der Waals surface area contributed by atoms with E-state index >= 15 is 0 Å². The first-order chi connectivity index (χ1) is 13.5. The molecule has 7 nitrogen and oxygen atoms in total. The van der Waals surface area contributed by atoms with Gasteiger partial charge < -0.3 is 14.4 Å². The highest BCUT2D eigenvalue weighted by Gasteiger charge is 2.32. The summed E-state index contributed by atoms with van der Waals surface area (Å²) >= 11 is 0. The predicted molar refractivity (Wildman–Crippen MR) is 104 cm³/mol. The minimum absolute atomic E-state index is 0.0674. The second-order valence-electron chi connectivity index (χ2n) is 6.88. The van der Waals surface area contributed by atoms with E-state index in [0.29, 0.717) is 17.2 Å². The van der Waals surface area contributed by atoms with Crippen molar-refractivity contribution in [1.82, 2.24) is 4.90 Å². The SMILES string of the molecule is O=C([C@@H]1COc2cc(S(=O)(=O)Nc3ccccc3)ccc2O1)N1CCCCC1. The van der Waals surface area contributed by atoms with Crippen LogP contribution in [-0.4, -0.2) is 45.0 Å². The zero-order valence-electron chi connectivity index (χ0n) is 15.3. The molecule has 0 spiro atoms. The number of amides is 1. The fourth-order valence-electron chi connectivity index (χ4n) is 3.38. The van der Waals surface area contributed by atoms with Crippen LogP contribution in [0.15, 0.2) is 53.4 Å².